The standard InChI is InChI=1S/C13H16ClNO3/c14-11-3-1-2-10(8-11)9-12(13(16)17)15-4-6-18-7-5-15/h1-3,8,12H,4-7,9H2,(H,16,17)/t12-/m1/s1. The fourth-order valence-corrected chi connectivity index (χ4v) is 2.36. The highest BCUT2D eigenvalue weighted by Gasteiger charge is 2.27. The fourth-order valence-electron chi connectivity index (χ4n) is 2.15. The molecular weight excluding hydrogens is 254 g/mol. The van der Waals surface area contributed by atoms with Crippen molar-refractivity contribution in [2.75, 3.05) is 26.3 Å². The van der Waals surface area contributed by atoms with Crippen molar-refractivity contribution in [3.63, 3.8) is 0 Å². The second kappa shape index (κ2) is 6.18. The highest BCUT2D eigenvalue weighted by Crippen LogP contribution is 2.15. The van der Waals surface area contributed by atoms with Crippen molar-refractivity contribution in [1.29, 1.82) is 0 Å². The van der Waals surface area contributed by atoms with E-state index in [1.807, 2.05) is 23.1 Å². The lowest BCUT2D eigenvalue weighted by atomic mass is 10.0. The van der Waals surface area contributed by atoms with E-state index in [2.05, 4.69) is 0 Å². The second-order valence-electron chi connectivity index (χ2n) is 4.34. The number of benzene rings is 1. The zero-order chi connectivity index (χ0) is 13.0. The minimum Gasteiger partial charge on any atom is -0.480 e. The number of nitrogens with zero attached hydrogens (tertiary/aromatic N) is 1. The fraction of sp³-hybridized carbons (Fsp3) is 0.462. The molecule has 1 aliphatic rings. The molecule has 1 aromatic rings. The number of hydrogen-bond donors (Lipinski definition) is 1. The van der Waals surface area contributed by atoms with Gasteiger partial charge in [0.05, 0.1) is 13.2 Å². The van der Waals surface area contributed by atoms with Gasteiger partial charge in [0.2, 0.25) is 0 Å². The molecule has 0 aliphatic carbocycles. The Morgan fingerprint density at radius 2 is 2.17 bits per heavy atom. The van der Waals surface area contributed by atoms with Crippen molar-refractivity contribution >= 4 is 17.6 Å². The first-order valence-electron chi connectivity index (χ1n) is 5.96. The molecule has 98 valence electrons. The molecular formula is C13H16ClNO3. The average Bonchev–Trinajstić information content (AvgIpc) is 2.37. The molecule has 0 saturated carbocycles. The molecule has 0 bridgehead atoms. The SMILES string of the molecule is O=C(O)[C@@H](Cc1cccc(Cl)c1)N1CCOCC1. The van der Waals surface area contributed by atoms with Gasteiger partial charge in [-0.25, -0.2) is 0 Å². The van der Waals surface area contributed by atoms with E-state index in [1.54, 1.807) is 6.07 Å². The summed E-state index contributed by atoms with van der Waals surface area (Å²) in [6.07, 6.45) is 0.468. The van der Waals surface area contributed by atoms with Gasteiger partial charge in [0.15, 0.2) is 0 Å². The van der Waals surface area contributed by atoms with Gasteiger partial charge >= 0.3 is 5.97 Å². The van der Waals surface area contributed by atoms with Gasteiger partial charge in [-0.2, -0.15) is 0 Å². The van der Waals surface area contributed by atoms with Crippen molar-refractivity contribution in [2.45, 2.75) is 12.5 Å². The van der Waals surface area contributed by atoms with Crippen LogP contribution < -0.4 is 0 Å². The predicted octanol–water partition coefficient (Wildman–Crippen LogP) is 1.67. The lowest BCUT2D eigenvalue weighted by molar-refractivity contribution is -0.145. The van der Waals surface area contributed by atoms with Crippen LogP contribution in [-0.4, -0.2) is 48.3 Å². The van der Waals surface area contributed by atoms with Gasteiger partial charge in [0, 0.05) is 18.1 Å². The van der Waals surface area contributed by atoms with E-state index in [0.717, 1.165) is 5.56 Å². The molecule has 0 radical (unpaired) electrons. The zero-order valence-electron chi connectivity index (χ0n) is 10.0. The van der Waals surface area contributed by atoms with E-state index in [-0.39, 0.29) is 0 Å². The maximum atomic E-state index is 11.4. The predicted molar refractivity (Wildman–Crippen MR) is 69.0 cm³/mol. The van der Waals surface area contributed by atoms with E-state index < -0.39 is 12.0 Å². The number of aliphatic carboxylic acids is 1. The molecule has 0 unspecified atom stereocenters. The first-order chi connectivity index (χ1) is 8.66. The Morgan fingerprint density at radius 3 is 2.78 bits per heavy atom. The Kier molecular flexibility index (Phi) is 4.58. The molecule has 1 heterocycles. The third kappa shape index (κ3) is 3.45. The Morgan fingerprint density at radius 1 is 1.44 bits per heavy atom. The van der Waals surface area contributed by atoms with Crippen LogP contribution in [0.3, 0.4) is 0 Å². The summed E-state index contributed by atoms with van der Waals surface area (Å²) >= 11 is 5.91. The summed E-state index contributed by atoms with van der Waals surface area (Å²) in [7, 11) is 0. The van der Waals surface area contributed by atoms with E-state index >= 15 is 0 Å². The number of ether oxygens (including phenoxy) is 1. The Labute approximate surface area is 111 Å². The van der Waals surface area contributed by atoms with Gasteiger partial charge in [-0.05, 0) is 24.1 Å². The Balaban J connectivity index is 2.08. The smallest absolute Gasteiger partial charge is 0.321 e. The quantitative estimate of drug-likeness (QED) is 0.903. The molecule has 0 amide bonds. The van der Waals surface area contributed by atoms with Gasteiger partial charge < -0.3 is 9.84 Å². The first kappa shape index (κ1) is 13.3. The summed E-state index contributed by atoms with van der Waals surface area (Å²) in [5, 5.41) is 9.98. The van der Waals surface area contributed by atoms with Crippen LogP contribution in [0.1, 0.15) is 5.56 Å². The minimum atomic E-state index is -0.795. The minimum absolute atomic E-state index is 0.468. The molecule has 1 aliphatic heterocycles. The van der Waals surface area contributed by atoms with E-state index in [0.29, 0.717) is 37.7 Å². The van der Waals surface area contributed by atoms with Crippen LogP contribution in [0, 0.1) is 0 Å². The zero-order valence-corrected chi connectivity index (χ0v) is 10.8. The number of halogens is 1. The molecule has 1 saturated heterocycles. The molecule has 1 atom stereocenters. The summed E-state index contributed by atoms with van der Waals surface area (Å²) < 4.78 is 5.24. The summed E-state index contributed by atoms with van der Waals surface area (Å²) in [6.45, 7) is 2.52. The number of rotatable bonds is 4. The van der Waals surface area contributed by atoms with Crippen molar-refractivity contribution in [3.05, 3.63) is 34.9 Å². The van der Waals surface area contributed by atoms with E-state index in [4.69, 9.17) is 16.3 Å². The van der Waals surface area contributed by atoms with Crippen LogP contribution in [0.25, 0.3) is 0 Å². The van der Waals surface area contributed by atoms with Crippen molar-refractivity contribution in [3.8, 4) is 0 Å². The maximum Gasteiger partial charge on any atom is 0.321 e. The molecule has 4 nitrogen and oxygen atoms in total. The molecule has 5 heteroatoms. The third-order valence-corrected chi connectivity index (χ3v) is 3.32. The lowest BCUT2D eigenvalue weighted by Crippen LogP contribution is -2.48. The molecule has 2 rings (SSSR count). The number of morpholine rings is 1. The maximum absolute atomic E-state index is 11.4. The van der Waals surface area contributed by atoms with Crippen LogP contribution >= 0.6 is 11.6 Å². The van der Waals surface area contributed by atoms with Crippen molar-refractivity contribution < 1.29 is 14.6 Å². The van der Waals surface area contributed by atoms with Gasteiger partial charge in [0.1, 0.15) is 6.04 Å². The number of carbonyl (C=O) groups is 1. The highest BCUT2D eigenvalue weighted by molar-refractivity contribution is 6.30. The highest BCUT2D eigenvalue weighted by atomic mass is 35.5. The number of carboxylic acid groups (broad SMARTS) is 1. The number of hydrogen-bond acceptors (Lipinski definition) is 3. The van der Waals surface area contributed by atoms with Gasteiger partial charge in [-0.1, -0.05) is 23.7 Å². The molecule has 1 aromatic carbocycles. The van der Waals surface area contributed by atoms with Crippen molar-refractivity contribution in [2.24, 2.45) is 0 Å². The van der Waals surface area contributed by atoms with E-state index in [1.165, 1.54) is 0 Å². The second-order valence-corrected chi connectivity index (χ2v) is 4.77. The van der Waals surface area contributed by atoms with Crippen LogP contribution in [0.15, 0.2) is 24.3 Å². The molecule has 1 fully saturated rings. The van der Waals surface area contributed by atoms with Crippen molar-refractivity contribution in [1.82, 2.24) is 4.90 Å². The summed E-state index contributed by atoms with van der Waals surface area (Å²) in [6, 6.07) is 6.85. The normalized spacial score (nSPS) is 18.5. The topological polar surface area (TPSA) is 49.8 Å². The average molecular weight is 270 g/mol. The molecule has 0 aromatic heterocycles. The van der Waals surface area contributed by atoms with Crippen LogP contribution in [0.5, 0.6) is 0 Å². The lowest BCUT2D eigenvalue weighted by Gasteiger charge is -2.32. The monoisotopic (exact) mass is 269 g/mol. The largest absolute Gasteiger partial charge is 0.480 e. The van der Waals surface area contributed by atoms with Crippen LogP contribution in [0.2, 0.25) is 5.02 Å². The first-order valence-corrected chi connectivity index (χ1v) is 6.33. The van der Waals surface area contributed by atoms with Crippen LogP contribution in [0.4, 0.5) is 0 Å². The van der Waals surface area contributed by atoms with Gasteiger partial charge in [-0.3, -0.25) is 9.69 Å². The summed E-state index contributed by atoms with van der Waals surface area (Å²) in [5.74, 6) is -0.795. The summed E-state index contributed by atoms with van der Waals surface area (Å²) in [4.78, 5) is 13.3. The Bertz CT molecular complexity index is 418. The van der Waals surface area contributed by atoms with Gasteiger partial charge in [-0.15, -0.1) is 0 Å². The van der Waals surface area contributed by atoms with Crippen LogP contribution in [-0.2, 0) is 16.0 Å². The number of carboxylic acids is 1. The molecule has 1 N–H and O–H groups in total. The molecule has 18 heavy (non-hydrogen) atoms. The summed E-state index contributed by atoms with van der Waals surface area (Å²) in [5.41, 5.74) is 0.946. The van der Waals surface area contributed by atoms with Gasteiger partial charge in [0.25, 0.3) is 0 Å². The van der Waals surface area contributed by atoms with E-state index in [9.17, 15) is 9.90 Å². The third-order valence-electron chi connectivity index (χ3n) is 3.09. The molecule has 0 spiro atoms. The Hall–Kier alpha value is -1.10.